The van der Waals surface area contributed by atoms with Crippen LogP contribution in [0.15, 0.2) is 54.9 Å². The van der Waals surface area contributed by atoms with Gasteiger partial charge in [-0.05, 0) is 42.3 Å². The lowest BCUT2D eigenvalue weighted by Crippen LogP contribution is -2.13. The molecule has 180 valence electrons. The highest BCUT2D eigenvalue weighted by Gasteiger charge is 2.25. The van der Waals surface area contributed by atoms with Crippen molar-refractivity contribution in [2.75, 3.05) is 15.8 Å². The molecule has 1 atom stereocenters. The molecule has 10 heteroatoms. The summed E-state index contributed by atoms with van der Waals surface area (Å²) < 4.78 is 44.2. The van der Waals surface area contributed by atoms with Gasteiger partial charge >= 0.3 is 0 Å². The van der Waals surface area contributed by atoms with Gasteiger partial charge in [0.25, 0.3) is 0 Å². The van der Waals surface area contributed by atoms with Crippen LogP contribution < -0.4 is 10.0 Å². The molecule has 0 radical (unpaired) electrons. The topological polar surface area (TPSA) is 104 Å². The molecule has 0 aliphatic heterocycles. The lowest BCUT2D eigenvalue weighted by molar-refractivity contribution is -0.114. The Hall–Kier alpha value is -3.92. The van der Waals surface area contributed by atoms with E-state index in [2.05, 4.69) is 20.0 Å². The second kappa shape index (κ2) is 10.1. The molecule has 2 heterocycles. The van der Waals surface area contributed by atoms with Gasteiger partial charge in [-0.25, -0.2) is 18.0 Å². The Morgan fingerprint density at radius 2 is 1.83 bits per heavy atom. The van der Waals surface area contributed by atoms with Gasteiger partial charge in [0, 0.05) is 47.3 Å². The number of halogens is 2. The third-order valence-corrected chi connectivity index (χ3v) is 6.47. The zero-order valence-electron chi connectivity index (χ0n) is 18.9. The maximum absolute atomic E-state index is 15.1. The molecule has 7 nitrogen and oxygen atoms in total. The van der Waals surface area contributed by atoms with Gasteiger partial charge in [-0.2, -0.15) is 0 Å². The average Bonchev–Trinajstić information content (AvgIpc) is 3.24. The molecule has 0 fully saturated rings. The number of carbonyl (C=O) groups is 2. The summed E-state index contributed by atoms with van der Waals surface area (Å²) in [5.41, 5.74) is 1.56. The van der Waals surface area contributed by atoms with E-state index in [0.29, 0.717) is 28.7 Å². The molecule has 1 amide bonds. The molecule has 4 rings (SSSR count). The Labute approximate surface area is 202 Å². The van der Waals surface area contributed by atoms with Crippen LogP contribution in [0, 0.1) is 11.6 Å². The van der Waals surface area contributed by atoms with Gasteiger partial charge in [0.1, 0.15) is 22.5 Å². The summed E-state index contributed by atoms with van der Waals surface area (Å²) in [4.78, 5) is 31.7. The minimum Gasteiger partial charge on any atom is -0.345 e. The fraction of sp³-hybridized carbons (Fsp3) is 0.160. The van der Waals surface area contributed by atoms with Gasteiger partial charge in [0.15, 0.2) is 5.82 Å². The van der Waals surface area contributed by atoms with Crippen molar-refractivity contribution in [1.29, 1.82) is 0 Å². The molecule has 0 aliphatic rings. The monoisotopic (exact) mass is 496 g/mol. The zero-order chi connectivity index (χ0) is 25.1. The summed E-state index contributed by atoms with van der Waals surface area (Å²) >= 11 is 0. The van der Waals surface area contributed by atoms with E-state index in [0.717, 1.165) is 17.7 Å². The summed E-state index contributed by atoms with van der Waals surface area (Å²) in [5, 5.41) is 3.08. The molecule has 1 unspecified atom stereocenters. The Morgan fingerprint density at radius 1 is 1.09 bits per heavy atom. The molecule has 0 saturated heterocycles. The Kier molecular flexibility index (Phi) is 7.02. The normalized spacial score (nSPS) is 11.9. The summed E-state index contributed by atoms with van der Waals surface area (Å²) in [7, 11) is -1.56. The number of nitrogens with zero attached hydrogens (tertiary/aromatic N) is 1. The van der Waals surface area contributed by atoms with Crippen molar-refractivity contribution in [3.63, 3.8) is 0 Å². The van der Waals surface area contributed by atoms with Crippen molar-refractivity contribution in [2.45, 2.75) is 20.3 Å². The summed E-state index contributed by atoms with van der Waals surface area (Å²) in [6, 6.07) is 10.8. The number of hydrogen-bond acceptors (Lipinski definition) is 4. The number of aromatic nitrogens is 2. The molecule has 2 aromatic heterocycles. The number of aromatic amines is 1. The molecule has 0 spiro atoms. The van der Waals surface area contributed by atoms with Crippen LogP contribution in [0.4, 0.5) is 20.2 Å². The largest absolute Gasteiger partial charge is 0.345 e. The second-order valence-electron chi connectivity index (χ2n) is 7.85. The van der Waals surface area contributed by atoms with Crippen molar-refractivity contribution in [2.24, 2.45) is 0 Å². The first-order chi connectivity index (χ1) is 16.8. The van der Waals surface area contributed by atoms with Gasteiger partial charge in [0.05, 0.1) is 11.3 Å². The maximum atomic E-state index is 15.1. The van der Waals surface area contributed by atoms with Crippen LogP contribution in [0.1, 0.15) is 36.2 Å². The van der Waals surface area contributed by atoms with E-state index in [1.165, 1.54) is 13.1 Å². The first-order valence-corrected chi connectivity index (χ1v) is 12.1. The van der Waals surface area contributed by atoms with Crippen LogP contribution in [0.5, 0.6) is 0 Å². The van der Waals surface area contributed by atoms with Gasteiger partial charge in [0.2, 0.25) is 11.7 Å². The first-order valence-electron chi connectivity index (χ1n) is 10.8. The van der Waals surface area contributed by atoms with E-state index in [4.69, 9.17) is 0 Å². The van der Waals surface area contributed by atoms with Crippen LogP contribution in [0.25, 0.3) is 22.2 Å². The van der Waals surface area contributed by atoms with Crippen LogP contribution >= 0.6 is 0 Å². The number of rotatable bonds is 8. The number of carbonyl (C=O) groups excluding carboxylic acids is 2. The van der Waals surface area contributed by atoms with Crippen LogP contribution in [0.3, 0.4) is 0 Å². The van der Waals surface area contributed by atoms with E-state index < -0.39 is 34.0 Å². The van der Waals surface area contributed by atoms with Crippen LogP contribution in [0.2, 0.25) is 0 Å². The van der Waals surface area contributed by atoms with E-state index >= 15 is 4.39 Å². The predicted molar refractivity (Wildman–Crippen MR) is 133 cm³/mol. The summed E-state index contributed by atoms with van der Waals surface area (Å²) in [6.45, 7) is 3.24. The highest BCUT2D eigenvalue weighted by molar-refractivity contribution is 7.86. The predicted octanol–water partition coefficient (Wildman–Crippen LogP) is 5.18. The number of ketones is 1. The Balaban J connectivity index is 1.71. The lowest BCUT2D eigenvalue weighted by atomic mass is 9.99. The minimum absolute atomic E-state index is 0.0499. The SMILES string of the molecule is CCCS(=O)Nc1ccc(F)c(C(=O)c2c[nH]c3ncc(-c4ccc(NC(C)=O)cc4)cc23)c1F. The molecule has 3 N–H and O–H groups in total. The molecule has 0 saturated carbocycles. The number of nitrogens with one attached hydrogen (secondary N) is 3. The van der Waals surface area contributed by atoms with Crippen molar-refractivity contribution < 1.29 is 22.6 Å². The number of hydrogen-bond donors (Lipinski definition) is 3. The van der Waals surface area contributed by atoms with Gasteiger partial charge < -0.3 is 15.0 Å². The third-order valence-electron chi connectivity index (χ3n) is 5.25. The minimum atomic E-state index is -1.56. The molecule has 2 aromatic carbocycles. The van der Waals surface area contributed by atoms with Gasteiger partial charge in [-0.1, -0.05) is 19.1 Å². The number of benzene rings is 2. The third kappa shape index (κ3) is 5.12. The second-order valence-corrected chi connectivity index (χ2v) is 9.15. The lowest BCUT2D eigenvalue weighted by Gasteiger charge is -2.10. The van der Waals surface area contributed by atoms with Crippen LogP contribution in [-0.4, -0.2) is 31.6 Å². The first kappa shape index (κ1) is 24.2. The van der Waals surface area contributed by atoms with E-state index in [-0.39, 0.29) is 22.9 Å². The molecule has 35 heavy (non-hydrogen) atoms. The van der Waals surface area contributed by atoms with Crippen molar-refractivity contribution >= 4 is 45.1 Å². The number of H-pyrrole nitrogens is 1. The molecule has 4 aromatic rings. The quantitative estimate of drug-likeness (QED) is 0.292. The number of fused-ring (bicyclic) bond motifs is 1. The Morgan fingerprint density at radius 3 is 2.51 bits per heavy atom. The smallest absolute Gasteiger partial charge is 0.221 e. The molecule has 0 aliphatic carbocycles. The molecular formula is C25H22F2N4O3S. The number of amides is 1. The van der Waals surface area contributed by atoms with Crippen molar-refractivity contribution in [1.82, 2.24) is 9.97 Å². The van der Waals surface area contributed by atoms with Crippen molar-refractivity contribution in [3.8, 4) is 11.1 Å². The maximum Gasteiger partial charge on any atom is 0.221 e. The van der Waals surface area contributed by atoms with Crippen molar-refractivity contribution in [3.05, 3.63) is 77.6 Å². The summed E-state index contributed by atoms with van der Waals surface area (Å²) in [6.07, 6.45) is 3.57. The number of pyridine rings is 1. The fourth-order valence-corrected chi connectivity index (χ4v) is 4.51. The van der Waals surface area contributed by atoms with Gasteiger partial charge in [-0.15, -0.1) is 0 Å². The molecular weight excluding hydrogens is 474 g/mol. The van der Waals surface area contributed by atoms with Gasteiger partial charge in [-0.3, -0.25) is 9.59 Å². The van der Waals surface area contributed by atoms with Crippen LogP contribution in [-0.2, 0) is 15.8 Å². The average molecular weight is 497 g/mol. The zero-order valence-corrected chi connectivity index (χ0v) is 19.8. The standard InChI is InChI=1S/C25H22F2N4O3S/c1-3-10-35(34)31-21-9-8-20(26)22(23(21)27)24(33)19-13-29-25-18(19)11-16(12-28-25)15-4-6-17(7-5-15)30-14(2)32/h4-9,11-13,31H,3,10H2,1-2H3,(H,28,29)(H,30,32). The summed E-state index contributed by atoms with van der Waals surface area (Å²) in [5.74, 6) is -2.90. The van der Waals surface area contributed by atoms with E-state index in [9.17, 15) is 18.2 Å². The number of anilines is 2. The highest BCUT2D eigenvalue weighted by atomic mass is 32.2. The highest BCUT2D eigenvalue weighted by Crippen LogP contribution is 2.30. The van der Waals surface area contributed by atoms with E-state index in [1.54, 1.807) is 36.5 Å². The Bertz CT molecular complexity index is 1450. The molecule has 0 bridgehead atoms. The van der Waals surface area contributed by atoms with E-state index in [1.807, 2.05) is 6.92 Å². The fourth-order valence-electron chi connectivity index (χ4n) is 3.63.